The predicted octanol–water partition coefficient (Wildman–Crippen LogP) is 3.61. The third kappa shape index (κ3) is 4.89. The lowest BCUT2D eigenvalue weighted by molar-refractivity contribution is 0.459. The summed E-state index contributed by atoms with van der Waals surface area (Å²) in [6, 6.07) is 6.34. The molecule has 0 saturated carbocycles. The molecule has 1 fully saturated rings. The van der Waals surface area contributed by atoms with Crippen molar-refractivity contribution in [3.8, 4) is 21.8 Å². The molecule has 0 radical (unpaired) electrons. The van der Waals surface area contributed by atoms with Crippen molar-refractivity contribution >= 4 is 33.0 Å². The lowest BCUT2D eigenvalue weighted by Gasteiger charge is -2.20. The van der Waals surface area contributed by atoms with E-state index >= 15 is 4.39 Å². The maximum atomic E-state index is 15.5. The fraction of sp³-hybridized carbons (Fsp3) is 0.381. The second-order valence-electron chi connectivity index (χ2n) is 7.64. The maximum Gasteiger partial charge on any atom is 0.232 e. The van der Waals surface area contributed by atoms with Gasteiger partial charge in [-0.15, -0.1) is 11.3 Å². The van der Waals surface area contributed by atoms with Crippen molar-refractivity contribution in [2.24, 2.45) is 0 Å². The molecule has 0 amide bonds. The summed E-state index contributed by atoms with van der Waals surface area (Å²) in [5, 5.41) is 4.25. The van der Waals surface area contributed by atoms with E-state index in [9.17, 15) is 8.42 Å². The minimum atomic E-state index is -3.64. The lowest BCUT2D eigenvalue weighted by Crippen LogP contribution is -2.26. The molecule has 0 aliphatic carbocycles. The van der Waals surface area contributed by atoms with Crippen LogP contribution in [-0.4, -0.2) is 42.2 Å². The fourth-order valence-corrected chi connectivity index (χ4v) is 6.07. The quantitative estimate of drug-likeness (QED) is 0.476. The number of nitrogens with one attached hydrogen (secondary N) is 2. The Morgan fingerprint density at radius 3 is 2.75 bits per heavy atom. The molecule has 1 saturated heterocycles. The van der Waals surface area contributed by atoms with Crippen LogP contribution in [0.2, 0.25) is 0 Å². The highest BCUT2D eigenvalue weighted by Gasteiger charge is 2.26. The van der Waals surface area contributed by atoms with E-state index in [0.29, 0.717) is 22.7 Å². The summed E-state index contributed by atoms with van der Waals surface area (Å²) in [5.74, 6) is -0.370. The molecule has 4 rings (SSSR count). The van der Waals surface area contributed by atoms with Crippen molar-refractivity contribution in [3.63, 3.8) is 0 Å². The highest BCUT2D eigenvalue weighted by molar-refractivity contribution is 7.92. The topological polar surface area (TPSA) is 123 Å². The standard InChI is InChI=1S/C21H25FN6O2S2/c1-2-12-32(29,30)28-15-5-3-4-14(17(15)22)18-19(16-8-11-25-21(23)26-16)31-20(27-18)13-6-9-24-10-7-13/h3-5,8,11,13,24,28H,2,6-7,9-10,12H2,1H3,(H2,23,25,26). The molecule has 3 heterocycles. The molecular weight excluding hydrogens is 451 g/mol. The summed E-state index contributed by atoms with van der Waals surface area (Å²) in [5.41, 5.74) is 6.89. The Labute approximate surface area is 190 Å². The number of nitrogen functional groups attached to an aromatic ring is 1. The zero-order chi connectivity index (χ0) is 22.7. The van der Waals surface area contributed by atoms with Crippen molar-refractivity contribution in [2.45, 2.75) is 32.1 Å². The highest BCUT2D eigenvalue weighted by Crippen LogP contribution is 2.42. The number of rotatable bonds is 7. The molecule has 8 nitrogen and oxygen atoms in total. The van der Waals surface area contributed by atoms with Crippen LogP contribution < -0.4 is 15.8 Å². The summed E-state index contributed by atoms with van der Waals surface area (Å²) in [4.78, 5) is 13.8. The summed E-state index contributed by atoms with van der Waals surface area (Å²) < 4.78 is 42.3. The van der Waals surface area contributed by atoms with E-state index in [0.717, 1.165) is 30.9 Å². The summed E-state index contributed by atoms with van der Waals surface area (Å²) in [6.07, 6.45) is 3.87. The van der Waals surface area contributed by atoms with E-state index < -0.39 is 15.8 Å². The van der Waals surface area contributed by atoms with Crippen molar-refractivity contribution < 1.29 is 12.8 Å². The van der Waals surface area contributed by atoms with Gasteiger partial charge in [0.15, 0.2) is 5.82 Å². The molecule has 11 heteroatoms. The van der Waals surface area contributed by atoms with Crippen molar-refractivity contribution in [3.05, 3.63) is 41.3 Å². The van der Waals surface area contributed by atoms with Crippen LogP contribution in [0.15, 0.2) is 30.5 Å². The Hall–Kier alpha value is -2.63. The molecule has 0 atom stereocenters. The van der Waals surface area contributed by atoms with Gasteiger partial charge in [0.25, 0.3) is 0 Å². The molecular formula is C21H25FN6O2S2. The molecule has 170 valence electrons. The smallest absolute Gasteiger partial charge is 0.232 e. The van der Waals surface area contributed by atoms with Crippen molar-refractivity contribution in [1.29, 1.82) is 0 Å². The van der Waals surface area contributed by atoms with Gasteiger partial charge < -0.3 is 11.1 Å². The zero-order valence-corrected chi connectivity index (χ0v) is 19.3. The molecule has 1 aliphatic rings. The molecule has 2 aromatic heterocycles. The summed E-state index contributed by atoms with van der Waals surface area (Å²) in [6.45, 7) is 3.56. The van der Waals surface area contributed by atoms with Crippen LogP contribution in [0.5, 0.6) is 0 Å². The van der Waals surface area contributed by atoms with Crippen LogP contribution in [0.3, 0.4) is 0 Å². The fourth-order valence-electron chi connectivity index (χ4n) is 3.72. The van der Waals surface area contributed by atoms with E-state index in [1.807, 2.05) is 0 Å². The van der Waals surface area contributed by atoms with Gasteiger partial charge in [0.1, 0.15) is 0 Å². The normalized spacial score (nSPS) is 15.1. The predicted molar refractivity (Wildman–Crippen MR) is 125 cm³/mol. The zero-order valence-electron chi connectivity index (χ0n) is 17.6. The van der Waals surface area contributed by atoms with E-state index in [2.05, 4.69) is 20.0 Å². The minimum Gasteiger partial charge on any atom is -0.368 e. The van der Waals surface area contributed by atoms with Gasteiger partial charge in [-0.25, -0.2) is 27.8 Å². The van der Waals surface area contributed by atoms with Crippen LogP contribution in [0, 0.1) is 5.82 Å². The van der Waals surface area contributed by atoms with Crippen LogP contribution >= 0.6 is 11.3 Å². The van der Waals surface area contributed by atoms with E-state index in [1.54, 1.807) is 31.3 Å². The molecule has 1 aromatic carbocycles. The Balaban J connectivity index is 1.82. The van der Waals surface area contributed by atoms with Crippen LogP contribution in [0.25, 0.3) is 21.8 Å². The van der Waals surface area contributed by atoms with Crippen LogP contribution in [0.4, 0.5) is 16.0 Å². The van der Waals surface area contributed by atoms with E-state index in [1.165, 1.54) is 17.4 Å². The first-order valence-corrected chi connectivity index (χ1v) is 12.9. The van der Waals surface area contributed by atoms with Crippen molar-refractivity contribution in [1.82, 2.24) is 20.3 Å². The van der Waals surface area contributed by atoms with E-state index in [-0.39, 0.29) is 28.9 Å². The number of nitrogens with two attached hydrogens (primary N) is 1. The number of nitrogens with zero attached hydrogens (tertiary/aromatic N) is 3. The summed E-state index contributed by atoms with van der Waals surface area (Å²) >= 11 is 1.47. The van der Waals surface area contributed by atoms with Gasteiger partial charge in [-0.2, -0.15) is 0 Å². The Kier molecular flexibility index (Phi) is 6.68. The minimum absolute atomic E-state index is 0.0846. The average Bonchev–Trinajstić information content (AvgIpc) is 3.21. The SMILES string of the molecule is CCCS(=O)(=O)Nc1cccc(-c2nc(C3CCNCC3)sc2-c2ccnc(N)n2)c1F. The van der Waals surface area contributed by atoms with Gasteiger partial charge in [-0.3, -0.25) is 4.72 Å². The van der Waals surface area contributed by atoms with Gasteiger partial charge >= 0.3 is 0 Å². The number of thiazole rings is 1. The number of piperidine rings is 1. The van der Waals surface area contributed by atoms with Crippen LogP contribution in [-0.2, 0) is 10.0 Å². The van der Waals surface area contributed by atoms with Gasteiger partial charge in [0.2, 0.25) is 16.0 Å². The number of hydrogen-bond donors (Lipinski definition) is 3. The maximum absolute atomic E-state index is 15.5. The average molecular weight is 477 g/mol. The molecule has 3 aromatic rings. The van der Waals surface area contributed by atoms with Gasteiger partial charge in [-0.1, -0.05) is 13.0 Å². The van der Waals surface area contributed by atoms with Gasteiger partial charge in [0, 0.05) is 17.7 Å². The number of anilines is 2. The largest absolute Gasteiger partial charge is 0.368 e. The first-order valence-electron chi connectivity index (χ1n) is 10.5. The first-order chi connectivity index (χ1) is 15.4. The Bertz CT molecular complexity index is 1210. The molecule has 0 unspecified atom stereocenters. The van der Waals surface area contributed by atoms with Crippen LogP contribution in [0.1, 0.15) is 37.1 Å². The first kappa shape index (κ1) is 22.6. The number of halogens is 1. The van der Waals surface area contributed by atoms with E-state index in [4.69, 9.17) is 10.7 Å². The number of hydrogen-bond acceptors (Lipinski definition) is 8. The van der Waals surface area contributed by atoms with Crippen molar-refractivity contribution in [2.75, 3.05) is 29.3 Å². The second kappa shape index (κ2) is 9.47. The molecule has 0 bridgehead atoms. The molecule has 1 aliphatic heterocycles. The summed E-state index contributed by atoms with van der Waals surface area (Å²) in [7, 11) is -3.64. The highest BCUT2D eigenvalue weighted by atomic mass is 32.2. The molecule has 0 spiro atoms. The Morgan fingerprint density at radius 1 is 1.25 bits per heavy atom. The number of aromatic nitrogens is 3. The molecule has 32 heavy (non-hydrogen) atoms. The number of benzene rings is 1. The third-order valence-electron chi connectivity index (χ3n) is 5.23. The second-order valence-corrected chi connectivity index (χ2v) is 10.5. The van der Waals surface area contributed by atoms with Gasteiger partial charge in [0.05, 0.1) is 32.7 Å². The monoisotopic (exact) mass is 476 g/mol. The molecule has 4 N–H and O–H groups in total. The third-order valence-corrected chi connectivity index (χ3v) is 7.95. The Morgan fingerprint density at radius 2 is 2.03 bits per heavy atom. The lowest BCUT2D eigenvalue weighted by atomic mass is 9.99. The van der Waals surface area contributed by atoms with Gasteiger partial charge in [-0.05, 0) is 50.6 Å². The number of sulfonamides is 1.